The molecule has 0 radical (unpaired) electrons. The van der Waals surface area contributed by atoms with Gasteiger partial charge in [-0.2, -0.15) is 0 Å². The van der Waals surface area contributed by atoms with Crippen molar-refractivity contribution in [2.24, 2.45) is 11.7 Å². The van der Waals surface area contributed by atoms with E-state index in [0.29, 0.717) is 24.7 Å². The van der Waals surface area contributed by atoms with Gasteiger partial charge in [0.25, 0.3) is 5.91 Å². The second kappa shape index (κ2) is 11.0. The summed E-state index contributed by atoms with van der Waals surface area (Å²) in [6.45, 7) is 7.73. The number of hydrogen-bond acceptors (Lipinski definition) is 7. The molecule has 1 saturated heterocycles. The summed E-state index contributed by atoms with van der Waals surface area (Å²) in [5.74, 6) is 2.08. The number of aromatic nitrogens is 2. The van der Waals surface area contributed by atoms with Crippen LogP contribution in [0.4, 0.5) is 0 Å². The van der Waals surface area contributed by atoms with Gasteiger partial charge in [0.2, 0.25) is 5.89 Å². The largest absolute Gasteiger partial charge is 0.444 e. The second-order valence-electron chi connectivity index (χ2n) is 6.51. The molecule has 0 aliphatic carbocycles. The fourth-order valence-electron chi connectivity index (χ4n) is 2.98. The molecule has 0 unspecified atom stereocenters. The van der Waals surface area contributed by atoms with E-state index in [1.54, 1.807) is 5.38 Å². The lowest BCUT2D eigenvalue weighted by Crippen LogP contribution is -2.38. The van der Waals surface area contributed by atoms with Crippen molar-refractivity contribution in [1.82, 2.24) is 20.2 Å². The van der Waals surface area contributed by atoms with E-state index in [1.807, 2.05) is 13.8 Å². The van der Waals surface area contributed by atoms with Crippen molar-refractivity contribution in [3.8, 4) is 0 Å². The molecule has 1 fully saturated rings. The molecule has 3 heterocycles. The van der Waals surface area contributed by atoms with Crippen LogP contribution >= 0.6 is 36.2 Å². The predicted molar refractivity (Wildman–Crippen MR) is 111 cm³/mol. The number of hydrogen-bond donors (Lipinski definition) is 2. The lowest BCUT2D eigenvalue weighted by atomic mass is 9.97. The van der Waals surface area contributed by atoms with Crippen molar-refractivity contribution in [2.75, 3.05) is 19.6 Å². The molecule has 2 aromatic heterocycles. The average molecular weight is 436 g/mol. The van der Waals surface area contributed by atoms with Gasteiger partial charge >= 0.3 is 0 Å². The smallest absolute Gasteiger partial charge is 0.270 e. The Morgan fingerprint density at radius 2 is 2.04 bits per heavy atom. The Bertz CT molecular complexity index is 709. The van der Waals surface area contributed by atoms with Crippen LogP contribution in [0.5, 0.6) is 0 Å². The Balaban J connectivity index is 0.00000182. The first-order chi connectivity index (χ1) is 12.0. The maximum absolute atomic E-state index is 12.1. The quantitative estimate of drug-likeness (QED) is 0.723. The minimum Gasteiger partial charge on any atom is -0.444 e. The van der Waals surface area contributed by atoms with Crippen LogP contribution in [0.15, 0.2) is 9.80 Å². The highest BCUT2D eigenvalue weighted by Gasteiger charge is 2.22. The monoisotopic (exact) mass is 435 g/mol. The number of aryl methyl sites for hydroxylation is 2. The molecular formula is C17H27Cl2N5O2S. The molecule has 3 N–H and O–H groups in total. The van der Waals surface area contributed by atoms with Crippen LogP contribution in [-0.4, -0.2) is 40.4 Å². The van der Waals surface area contributed by atoms with E-state index in [1.165, 1.54) is 11.3 Å². The maximum Gasteiger partial charge on any atom is 0.270 e. The van der Waals surface area contributed by atoms with Gasteiger partial charge < -0.3 is 15.5 Å². The number of amides is 1. The highest BCUT2D eigenvalue weighted by atomic mass is 35.5. The fourth-order valence-corrected chi connectivity index (χ4v) is 3.64. The van der Waals surface area contributed by atoms with E-state index in [0.717, 1.165) is 54.8 Å². The van der Waals surface area contributed by atoms with Crippen LogP contribution in [0.3, 0.4) is 0 Å². The molecule has 27 heavy (non-hydrogen) atoms. The Morgan fingerprint density at radius 1 is 1.33 bits per heavy atom. The predicted octanol–water partition coefficient (Wildman–Crippen LogP) is 2.69. The first-order valence-corrected chi connectivity index (χ1v) is 9.51. The van der Waals surface area contributed by atoms with Crippen molar-refractivity contribution in [1.29, 1.82) is 0 Å². The van der Waals surface area contributed by atoms with Crippen LogP contribution in [0, 0.1) is 19.8 Å². The zero-order valence-electron chi connectivity index (χ0n) is 15.6. The van der Waals surface area contributed by atoms with Crippen molar-refractivity contribution < 1.29 is 9.21 Å². The van der Waals surface area contributed by atoms with Crippen molar-refractivity contribution >= 4 is 42.1 Å². The van der Waals surface area contributed by atoms with Crippen LogP contribution < -0.4 is 11.1 Å². The summed E-state index contributed by atoms with van der Waals surface area (Å²) in [5, 5.41) is 5.55. The Morgan fingerprint density at radius 3 is 2.59 bits per heavy atom. The number of piperidine rings is 1. The van der Waals surface area contributed by atoms with Crippen LogP contribution in [0.1, 0.15) is 45.7 Å². The van der Waals surface area contributed by atoms with Crippen molar-refractivity contribution in [3.05, 3.63) is 33.4 Å². The zero-order valence-corrected chi connectivity index (χ0v) is 18.0. The van der Waals surface area contributed by atoms with Gasteiger partial charge in [0, 0.05) is 18.5 Å². The van der Waals surface area contributed by atoms with Gasteiger partial charge in [0.05, 0.1) is 12.2 Å². The third kappa shape index (κ3) is 6.43. The van der Waals surface area contributed by atoms with Gasteiger partial charge in [-0.05, 0) is 45.7 Å². The summed E-state index contributed by atoms with van der Waals surface area (Å²) in [4.78, 5) is 23.1. The number of rotatable bonds is 6. The molecule has 0 bridgehead atoms. The normalized spacial score (nSPS) is 15.1. The number of nitrogens with one attached hydrogen (secondary N) is 1. The van der Waals surface area contributed by atoms with Gasteiger partial charge in [0.15, 0.2) is 0 Å². The Hall–Kier alpha value is -1.19. The number of oxazole rings is 1. The minimum atomic E-state index is -0.107. The lowest BCUT2D eigenvalue weighted by molar-refractivity contribution is 0.0929. The molecule has 0 atom stereocenters. The van der Waals surface area contributed by atoms with Gasteiger partial charge in [-0.1, -0.05) is 0 Å². The number of carbonyl (C=O) groups is 1. The number of carbonyl (C=O) groups excluding carboxylic acids is 1. The summed E-state index contributed by atoms with van der Waals surface area (Å²) in [6.07, 6.45) is 2.12. The molecule has 3 rings (SSSR count). The summed E-state index contributed by atoms with van der Waals surface area (Å²) in [7, 11) is 0. The van der Waals surface area contributed by atoms with Gasteiger partial charge in [0.1, 0.15) is 16.5 Å². The number of halogens is 2. The van der Waals surface area contributed by atoms with Gasteiger partial charge in [-0.15, -0.1) is 36.2 Å². The van der Waals surface area contributed by atoms with Crippen molar-refractivity contribution in [3.63, 3.8) is 0 Å². The minimum absolute atomic E-state index is 0. The van der Waals surface area contributed by atoms with Crippen molar-refractivity contribution in [2.45, 2.75) is 39.8 Å². The van der Waals surface area contributed by atoms with E-state index in [4.69, 9.17) is 10.2 Å². The first kappa shape index (κ1) is 23.8. The first-order valence-electron chi connectivity index (χ1n) is 8.63. The van der Waals surface area contributed by atoms with E-state index >= 15 is 0 Å². The Kier molecular flexibility index (Phi) is 9.69. The van der Waals surface area contributed by atoms with E-state index in [9.17, 15) is 4.79 Å². The molecule has 0 aromatic carbocycles. The summed E-state index contributed by atoms with van der Waals surface area (Å²) in [6, 6.07) is 0. The number of nitrogens with two attached hydrogens (primary N) is 1. The number of nitrogens with zero attached hydrogens (tertiary/aromatic N) is 3. The van der Waals surface area contributed by atoms with E-state index in [2.05, 4.69) is 20.2 Å². The van der Waals surface area contributed by atoms with Crippen LogP contribution in [0.2, 0.25) is 0 Å². The van der Waals surface area contributed by atoms with Crippen LogP contribution in [-0.2, 0) is 13.1 Å². The molecule has 1 aliphatic heterocycles. The van der Waals surface area contributed by atoms with E-state index in [-0.39, 0.29) is 30.7 Å². The number of thiazole rings is 1. The maximum atomic E-state index is 12.1. The highest BCUT2D eigenvalue weighted by molar-refractivity contribution is 7.09. The number of likely N-dealkylation sites (tertiary alicyclic amines) is 1. The van der Waals surface area contributed by atoms with Gasteiger partial charge in [-0.25, -0.2) is 9.97 Å². The topological polar surface area (TPSA) is 97.3 Å². The lowest BCUT2D eigenvalue weighted by Gasteiger charge is -2.31. The van der Waals surface area contributed by atoms with E-state index < -0.39 is 0 Å². The fraction of sp³-hybridized carbons (Fsp3) is 0.588. The summed E-state index contributed by atoms with van der Waals surface area (Å²) < 4.78 is 5.66. The zero-order chi connectivity index (χ0) is 17.8. The summed E-state index contributed by atoms with van der Waals surface area (Å²) >= 11 is 1.42. The molecule has 152 valence electrons. The average Bonchev–Trinajstić information content (AvgIpc) is 3.21. The Labute approximate surface area is 175 Å². The standard InChI is InChI=1S/C17H25N5O2S.2ClH/c1-11-12(2)24-15(20-11)9-22-5-3-13(4-6-22)8-19-17(23)14-10-25-16(7-18)21-14;;/h10,13H,3-9,18H2,1-2H3,(H,19,23);2*1H. The molecule has 7 nitrogen and oxygen atoms in total. The molecule has 0 saturated carbocycles. The molecule has 2 aromatic rings. The third-order valence-electron chi connectivity index (χ3n) is 4.65. The van der Waals surface area contributed by atoms with Gasteiger partial charge in [-0.3, -0.25) is 9.69 Å². The molecule has 10 heteroatoms. The molecule has 0 spiro atoms. The molecular weight excluding hydrogens is 409 g/mol. The van der Waals surface area contributed by atoms with Crippen LogP contribution in [0.25, 0.3) is 0 Å². The molecule has 1 aliphatic rings. The second-order valence-corrected chi connectivity index (χ2v) is 7.45. The SMILES string of the molecule is Cc1nc(CN2CCC(CNC(=O)c3csc(CN)n3)CC2)oc1C.Cl.Cl. The highest BCUT2D eigenvalue weighted by Crippen LogP contribution is 2.19. The molecule has 1 amide bonds. The third-order valence-corrected chi connectivity index (χ3v) is 5.52. The summed E-state index contributed by atoms with van der Waals surface area (Å²) in [5.41, 5.74) is 6.97.